The summed E-state index contributed by atoms with van der Waals surface area (Å²) in [5, 5.41) is 7.58. The van der Waals surface area contributed by atoms with Crippen molar-refractivity contribution in [2.75, 3.05) is 0 Å². The van der Waals surface area contributed by atoms with Crippen molar-refractivity contribution in [2.24, 2.45) is 0 Å². The zero-order valence-corrected chi connectivity index (χ0v) is 15.0. The molecule has 0 radical (unpaired) electrons. The van der Waals surface area contributed by atoms with Crippen LogP contribution in [-0.4, -0.2) is 15.7 Å². The smallest absolute Gasteiger partial charge is 0.225 e. The molecular weight excluding hydrogens is 314 g/mol. The molecule has 0 spiro atoms. The highest BCUT2D eigenvalue weighted by Crippen LogP contribution is 2.20. The van der Waals surface area contributed by atoms with Gasteiger partial charge in [0.2, 0.25) is 5.91 Å². The van der Waals surface area contributed by atoms with Crippen LogP contribution in [0.25, 0.3) is 5.69 Å². The summed E-state index contributed by atoms with van der Waals surface area (Å²) in [6, 6.07) is 13.6. The monoisotopic (exact) mass is 337 g/mol. The van der Waals surface area contributed by atoms with E-state index in [0.717, 1.165) is 34.2 Å². The maximum absolute atomic E-state index is 12.5. The lowest BCUT2D eigenvalue weighted by Gasteiger charge is -2.12. The molecule has 3 rings (SSSR count). The summed E-state index contributed by atoms with van der Waals surface area (Å²) in [5.74, 6) is 1.56. The molecule has 2 aromatic heterocycles. The van der Waals surface area contributed by atoms with E-state index in [2.05, 4.69) is 10.4 Å². The Balaban J connectivity index is 1.74. The first-order chi connectivity index (χ1) is 12.0. The highest BCUT2D eigenvalue weighted by molar-refractivity contribution is 5.79. The third-order valence-corrected chi connectivity index (χ3v) is 4.34. The van der Waals surface area contributed by atoms with Crippen molar-refractivity contribution in [1.29, 1.82) is 0 Å². The molecule has 1 aromatic carbocycles. The average molecular weight is 337 g/mol. The largest absolute Gasteiger partial charge is 0.464 e. The molecule has 0 saturated carbocycles. The van der Waals surface area contributed by atoms with Gasteiger partial charge < -0.3 is 9.73 Å². The Bertz CT molecular complexity index is 878. The molecule has 5 heteroatoms. The summed E-state index contributed by atoms with van der Waals surface area (Å²) in [5.41, 5.74) is 3.82. The van der Waals surface area contributed by atoms with Gasteiger partial charge in [-0.25, -0.2) is 4.68 Å². The number of amides is 1. The lowest BCUT2D eigenvalue weighted by Crippen LogP contribution is -2.28. The van der Waals surface area contributed by atoms with Crippen molar-refractivity contribution >= 4 is 5.91 Å². The van der Waals surface area contributed by atoms with E-state index in [-0.39, 0.29) is 11.9 Å². The van der Waals surface area contributed by atoms with Gasteiger partial charge in [-0.1, -0.05) is 18.2 Å². The van der Waals surface area contributed by atoms with Gasteiger partial charge in [0.05, 0.1) is 23.8 Å². The maximum atomic E-state index is 12.5. The van der Waals surface area contributed by atoms with Crippen molar-refractivity contribution in [2.45, 2.75) is 40.2 Å². The van der Waals surface area contributed by atoms with Crippen LogP contribution in [0.3, 0.4) is 0 Å². The number of nitrogens with zero attached hydrogens (tertiary/aromatic N) is 2. The molecule has 1 amide bonds. The minimum atomic E-state index is -0.161. The molecule has 0 aliphatic carbocycles. The molecule has 1 unspecified atom stereocenters. The minimum absolute atomic E-state index is 0.0413. The normalized spacial score (nSPS) is 12.2. The van der Waals surface area contributed by atoms with E-state index in [1.54, 1.807) is 0 Å². The van der Waals surface area contributed by atoms with Gasteiger partial charge >= 0.3 is 0 Å². The predicted octanol–water partition coefficient (Wildman–Crippen LogP) is 3.81. The summed E-state index contributed by atoms with van der Waals surface area (Å²) in [6.07, 6.45) is 0.300. The predicted molar refractivity (Wildman–Crippen MR) is 96.7 cm³/mol. The topological polar surface area (TPSA) is 60.1 Å². The fourth-order valence-corrected chi connectivity index (χ4v) is 2.96. The summed E-state index contributed by atoms with van der Waals surface area (Å²) in [6.45, 7) is 7.75. The first kappa shape index (κ1) is 17.0. The maximum Gasteiger partial charge on any atom is 0.225 e. The van der Waals surface area contributed by atoms with Gasteiger partial charge in [0.25, 0.3) is 0 Å². The Morgan fingerprint density at radius 3 is 2.52 bits per heavy atom. The van der Waals surface area contributed by atoms with Gasteiger partial charge in [0.1, 0.15) is 11.5 Å². The van der Waals surface area contributed by atoms with Crippen molar-refractivity contribution in [1.82, 2.24) is 15.1 Å². The Hall–Kier alpha value is -2.82. The molecule has 0 saturated heterocycles. The van der Waals surface area contributed by atoms with Crippen LogP contribution in [0.15, 0.2) is 46.9 Å². The van der Waals surface area contributed by atoms with Crippen LogP contribution in [-0.2, 0) is 11.2 Å². The summed E-state index contributed by atoms with van der Waals surface area (Å²) in [7, 11) is 0. The fourth-order valence-electron chi connectivity index (χ4n) is 2.96. The number of hydrogen-bond donors (Lipinski definition) is 1. The molecule has 0 aliphatic heterocycles. The molecule has 25 heavy (non-hydrogen) atoms. The first-order valence-corrected chi connectivity index (χ1v) is 8.42. The Morgan fingerprint density at radius 1 is 1.16 bits per heavy atom. The first-order valence-electron chi connectivity index (χ1n) is 8.42. The number of aryl methyl sites for hydroxylation is 2. The molecule has 0 bridgehead atoms. The number of furan rings is 1. The second-order valence-electron chi connectivity index (χ2n) is 6.31. The molecular formula is C20H23N3O2. The average Bonchev–Trinajstić information content (AvgIpc) is 3.14. The number of carbonyl (C=O) groups is 1. The van der Waals surface area contributed by atoms with E-state index in [0.29, 0.717) is 6.42 Å². The van der Waals surface area contributed by atoms with Gasteiger partial charge in [-0.15, -0.1) is 0 Å². The lowest BCUT2D eigenvalue weighted by molar-refractivity contribution is -0.121. The second kappa shape index (κ2) is 6.97. The minimum Gasteiger partial charge on any atom is -0.464 e. The molecule has 2 heterocycles. The fraction of sp³-hybridized carbons (Fsp3) is 0.300. The van der Waals surface area contributed by atoms with Crippen LogP contribution in [0.5, 0.6) is 0 Å². The standard InChI is InChI=1S/C20H23N3O2/c1-13-10-11-19(25-13)15(3)21-20(24)12-18-14(2)22-23(16(18)4)17-8-6-5-7-9-17/h5-11,15H,12H2,1-4H3,(H,21,24). The van der Waals surface area contributed by atoms with Crippen LogP contribution in [0.1, 0.15) is 41.4 Å². The molecule has 130 valence electrons. The third kappa shape index (κ3) is 3.65. The zero-order chi connectivity index (χ0) is 18.0. The SMILES string of the molecule is Cc1ccc(C(C)NC(=O)Cc2c(C)nn(-c3ccccc3)c2C)o1. The number of rotatable bonds is 5. The van der Waals surface area contributed by atoms with Gasteiger partial charge in [0, 0.05) is 11.3 Å². The number of nitrogens with one attached hydrogen (secondary N) is 1. The van der Waals surface area contributed by atoms with Gasteiger partial charge in [0.15, 0.2) is 0 Å². The lowest BCUT2D eigenvalue weighted by atomic mass is 10.1. The van der Waals surface area contributed by atoms with Crippen LogP contribution < -0.4 is 5.32 Å². The van der Waals surface area contributed by atoms with Crippen LogP contribution in [0.4, 0.5) is 0 Å². The van der Waals surface area contributed by atoms with Crippen LogP contribution >= 0.6 is 0 Å². The molecule has 0 aliphatic rings. The number of aromatic nitrogens is 2. The van der Waals surface area contributed by atoms with Crippen molar-refractivity contribution in [3.8, 4) is 5.69 Å². The highest BCUT2D eigenvalue weighted by Gasteiger charge is 2.18. The highest BCUT2D eigenvalue weighted by atomic mass is 16.3. The summed E-state index contributed by atoms with van der Waals surface area (Å²) < 4.78 is 7.46. The van der Waals surface area contributed by atoms with Crippen molar-refractivity contribution < 1.29 is 9.21 Å². The number of hydrogen-bond acceptors (Lipinski definition) is 3. The summed E-state index contributed by atoms with van der Waals surface area (Å²) in [4.78, 5) is 12.5. The van der Waals surface area contributed by atoms with Crippen LogP contribution in [0.2, 0.25) is 0 Å². The Morgan fingerprint density at radius 2 is 1.88 bits per heavy atom. The third-order valence-electron chi connectivity index (χ3n) is 4.34. The Labute approximate surface area is 147 Å². The number of carbonyl (C=O) groups excluding carboxylic acids is 1. The van der Waals surface area contributed by atoms with Crippen molar-refractivity contribution in [3.05, 3.63) is 70.9 Å². The van der Waals surface area contributed by atoms with E-state index in [1.807, 2.05) is 74.8 Å². The second-order valence-corrected chi connectivity index (χ2v) is 6.31. The number of benzene rings is 1. The van der Waals surface area contributed by atoms with Crippen LogP contribution in [0, 0.1) is 20.8 Å². The molecule has 0 fully saturated rings. The van der Waals surface area contributed by atoms with E-state index in [4.69, 9.17) is 4.42 Å². The van der Waals surface area contributed by atoms with Gasteiger partial charge in [-0.2, -0.15) is 5.10 Å². The quantitative estimate of drug-likeness (QED) is 0.770. The van der Waals surface area contributed by atoms with E-state index in [1.165, 1.54) is 0 Å². The van der Waals surface area contributed by atoms with E-state index in [9.17, 15) is 4.79 Å². The van der Waals surface area contributed by atoms with Gasteiger partial charge in [-0.3, -0.25) is 4.79 Å². The molecule has 1 N–H and O–H groups in total. The molecule has 1 atom stereocenters. The molecule has 3 aromatic rings. The Kier molecular flexibility index (Phi) is 4.74. The number of para-hydroxylation sites is 1. The van der Waals surface area contributed by atoms with Crippen molar-refractivity contribution in [3.63, 3.8) is 0 Å². The van der Waals surface area contributed by atoms with E-state index >= 15 is 0 Å². The van der Waals surface area contributed by atoms with E-state index < -0.39 is 0 Å². The molecule has 5 nitrogen and oxygen atoms in total. The van der Waals surface area contributed by atoms with Gasteiger partial charge in [-0.05, 0) is 52.0 Å². The zero-order valence-electron chi connectivity index (χ0n) is 15.0. The summed E-state index contributed by atoms with van der Waals surface area (Å²) >= 11 is 0.